The van der Waals surface area contributed by atoms with Gasteiger partial charge in [-0.1, -0.05) is 43.2 Å². The molecule has 4 rings (SSSR count). The van der Waals surface area contributed by atoms with Gasteiger partial charge in [-0.2, -0.15) is 0 Å². The zero-order valence-corrected chi connectivity index (χ0v) is 15.2. The Morgan fingerprint density at radius 2 is 1.69 bits per heavy atom. The van der Waals surface area contributed by atoms with Crippen LogP contribution in [0, 0.1) is 0 Å². The van der Waals surface area contributed by atoms with Gasteiger partial charge in [0.2, 0.25) is 0 Å². The van der Waals surface area contributed by atoms with Crippen LogP contribution in [0.15, 0.2) is 53.4 Å². The second kappa shape index (κ2) is 6.13. The number of hydrogen-bond donors (Lipinski definition) is 1. The summed E-state index contributed by atoms with van der Waals surface area (Å²) in [5.41, 5.74) is 2.45. The maximum absolute atomic E-state index is 13.3. The Morgan fingerprint density at radius 1 is 1.04 bits per heavy atom. The maximum Gasteiger partial charge on any atom is 0.307 e. The first-order valence-corrected chi connectivity index (χ1v) is 10.3. The lowest BCUT2D eigenvalue weighted by molar-refractivity contribution is -0.136. The molecule has 0 aromatic heterocycles. The highest BCUT2D eigenvalue weighted by atomic mass is 32.2. The Kier molecular flexibility index (Phi) is 4.03. The van der Waals surface area contributed by atoms with Crippen molar-refractivity contribution >= 4 is 21.7 Å². The standard InChI is InChI=1S/C20H21NO4S/c22-19(23)13-15-7-9-16(10-8-15)26(24,25)21-14-20(11-3-4-12-20)17-5-1-2-6-18(17)21/h1-2,5-10H,3-4,11-14H2,(H,22,23). The van der Waals surface area contributed by atoms with Crippen LogP contribution in [0.4, 0.5) is 5.69 Å². The summed E-state index contributed by atoms with van der Waals surface area (Å²) in [6, 6.07) is 14.0. The minimum atomic E-state index is -3.67. The van der Waals surface area contributed by atoms with Gasteiger partial charge in [0.1, 0.15) is 0 Å². The summed E-state index contributed by atoms with van der Waals surface area (Å²) in [7, 11) is -3.67. The van der Waals surface area contributed by atoms with Crippen molar-refractivity contribution in [3.05, 3.63) is 59.7 Å². The quantitative estimate of drug-likeness (QED) is 0.894. The van der Waals surface area contributed by atoms with Gasteiger partial charge in [-0.15, -0.1) is 0 Å². The maximum atomic E-state index is 13.3. The van der Waals surface area contributed by atoms with Gasteiger partial charge in [0.15, 0.2) is 0 Å². The second-order valence-corrected chi connectivity index (χ2v) is 9.09. The molecular weight excluding hydrogens is 350 g/mol. The molecule has 0 bridgehead atoms. The molecule has 1 spiro atoms. The molecule has 0 amide bonds. The average Bonchev–Trinajstić information content (AvgIpc) is 3.22. The Morgan fingerprint density at radius 3 is 2.35 bits per heavy atom. The van der Waals surface area contributed by atoms with Crippen molar-refractivity contribution in [3.63, 3.8) is 0 Å². The summed E-state index contributed by atoms with van der Waals surface area (Å²) in [5, 5.41) is 8.87. The van der Waals surface area contributed by atoms with Crippen molar-refractivity contribution in [2.75, 3.05) is 10.8 Å². The van der Waals surface area contributed by atoms with Crippen LogP contribution in [0.2, 0.25) is 0 Å². The van der Waals surface area contributed by atoms with E-state index in [9.17, 15) is 13.2 Å². The Labute approximate surface area is 153 Å². The lowest BCUT2D eigenvalue weighted by Gasteiger charge is -2.25. The number of benzene rings is 2. The van der Waals surface area contributed by atoms with Gasteiger partial charge in [-0.05, 0) is 42.2 Å². The minimum absolute atomic E-state index is 0.0626. The topological polar surface area (TPSA) is 74.7 Å². The largest absolute Gasteiger partial charge is 0.481 e. The number of carboxylic acids is 1. The number of carbonyl (C=O) groups is 1. The fourth-order valence-corrected chi connectivity index (χ4v) is 5.93. The van der Waals surface area contributed by atoms with Gasteiger partial charge in [-0.25, -0.2) is 8.42 Å². The summed E-state index contributed by atoms with van der Waals surface area (Å²) in [6.07, 6.45) is 4.19. The lowest BCUT2D eigenvalue weighted by Crippen LogP contribution is -2.35. The smallest absolute Gasteiger partial charge is 0.307 e. The van der Waals surface area contributed by atoms with Crippen molar-refractivity contribution in [1.82, 2.24) is 0 Å². The van der Waals surface area contributed by atoms with Crippen LogP contribution < -0.4 is 4.31 Å². The molecule has 2 aromatic rings. The van der Waals surface area contributed by atoms with Crippen molar-refractivity contribution < 1.29 is 18.3 Å². The van der Waals surface area contributed by atoms with Crippen LogP contribution >= 0.6 is 0 Å². The zero-order valence-electron chi connectivity index (χ0n) is 14.4. The first kappa shape index (κ1) is 17.1. The Balaban J connectivity index is 1.71. The molecule has 1 heterocycles. The molecule has 0 radical (unpaired) electrons. The molecule has 1 saturated carbocycles. The second-order valence-electron chi connectivity index (χ2n) is 7.23. The first-order chi connectivity index (χ1) is 12.4. The Bertz CT molecular complexity index is 944. The van der Waals surface area contributed by atoms with E-state index in [0.29, 0.717) is 12.1 Å². The number of fused-ring (bicyclic) bond motifs is 2. The lowest BCUT2D eigenvalue weighted by atomic mass is 9.81. The molecule has 5 nitrogen and oxygen atoms in total. The number of aliphatic carboxylic acids is 1. The molecule has 1 N–H and O–H groups in total. The molecule has 1 fully saturated rings. The van der Waals surface area contributed by atoms with Crippen molar-refractivity contribution in [1.29, 1.82) is 0 Å². The van der Waals surface area contributed by atoms with Crippen molar-refractivity contribution in [2.24, 2.45) is 0 Å². The molecule has 2 aromatic carbocycles. The van der Waals surface area contributed by atoms with E-state index < -0.39 is 16.0 Å². The summed E-state index contributed by atoms with van der Waals surface area (Å²) in [6.45, 7) is 0.492. The van der Waals surface area contributed by atoms with Crippen molar-refractivity contribution in [2.45, 2.75) is 42.4 Å². The van der Waals surface area contributed by atoms with Gasteiger partial charge in [0.25, 0.3) is 10.0 Å². The predicted molar refractivity (Wildman–Crippen MR) is 98.9 cm³/mol. The summed E-state index contributed by atoms with van der Waals surface area (Å²) in [5.74, 6) is -0.933. The first-order valence-electron chi connectivity index (χ1n) is 8.85. The van der Waals surface area contributed by atoms with Crippen LogP contribution in [0.25, 0.3) is 0 Å². The monoisotopic (exact) mass is 371 g/mol. The average molecular weight is 371 g/mol. The van der Waals surface area contributed by atoms with E-state index in [0.717, 1.165) is 36.9 Å². The van der Waals surface area contributed by atoms with E-state index in [-0.39, 0.29) is 16.7 Å². The van der Waals surface area contributed by atoms with E-state index >= 15 is 0 Å². The number of anilines is 1. The number of nitrogens with zero attached hydrogens (tertiary/aromatic N) is 1. The zero-order chi connectivity index (χ0) is 18.4. The van der Waals surface area contributed by atoms with Crippen LogP contribution in [0.5, 0.6) is 0 Å². The number of carboxylic acid groups (broad SMARTS) is 1. The molecular formula is C20H21NO4S. The molecule has 1 aliphatic heterocycles. The fraction of sp³-hybridized carbons (Fsp3) is 0.350. The highest BCUT2D eigenvalue weighted by Gasteiger charge is 2.47. The number of rotatable bonds is 4. The number of hydrogen-bond acceptors (Lipinski definition) is 3. The minimum Gasteiger partial charge on any atom is -0.481 e. The van der Waals surface area contributed by atoms with E-state index in [1.807, 2.05) is 18.2 Å². The SMILES string of the molecule is O=C(O)Cc1ccc(S(=O)(=O)N2CC3(CCCC3)c3ccccc32)cc1. The van der Waals surface area contributed by atoms with Crippen LogP contribution in [0.1, 0.15) is 36.8 Å². The fourth-order valence-electron chi connectivity index (χ4n) is 4.36. The molecule has 2 aliphatic rings. The molecule has 26 heavy (non-hydrogen) atoms. The number of sulfonamides is 1. The van der Waals surface area contributed by atoms with Crippen LogP contribution in [-0.2, 0) is 26.7 Å². The van der Waals surface area contributed by atoms with Crippen LogP contribution in [0.3, 0.4) is 0 Å². The predicted octanol–water partition coefficient (Wildman–Crippen LogP) is 3.33. The van der Waals surface area contributed by atoms with Gasteiger partial charge in [0.05, 0.1) is 17.0 Å². The van der Waals surface area contributed by atoms with E-state index in [1.165, 1.54) is 12.1 Å². The van der Waals surface area contributed by atoms with E-state index in [2.05, 4.69) is 6.07 Å². The third-order valence-corrected chi connectivity index (χ3v) is 7.39. The van der Waals surface area contributed by atoms with Crippen molar-refractivity contribution in [3.8, 4) is 0 Å². The van der Waals surface area contributed by atoms with E-state index in [1.54, 1.807) is 16.4 Å². The highest BCUT2D eigenvalue weighted by molar-refractivity contribution is 7.92. The third-order valence-electron chi connectivity index (χ3n) is 5.62. The molecule has 6 heteroatoms. The molecule has 0 saturated heterocycles. The normalized spacial score (nSPS) is 18.2. The van der Waals surface area contributed by atoms with Gasteiger partial charge in [-0.3, -0.25) is 9.10 Å². The summed E-state index contributed by atoms with van der Waals surface area (Å²) in [4.78, 5) is 11.0. The molecule has 0 atom stereocenters. The van der Waals surface area contributed by atoms with E-state index in [4.69, 9.17) is 5.11 Å². The van der Waals surface area contributed by atoms with Gasteiger partial charge < -0.3 is 5.11 Å². The van der Waals surface area contributed by atoms with Gasteiger partial charge in [0, 0.05) is 12.0 Å². The molecule has 0 unspecified atom stereocenters. The Hall–Kier alpha value is -2.34. The third kappa shape index (κ3) is 2.69. The highest BCUT2D eigenvalue weighted by Crippen LogP contribution is 2.51. The van der Waals surface area contributed by atoms with Crippen LogP contribution in [-0.4, -0.2) is 26.0 Å². The summed E-state index contributed by atoms with van der Waals surface area (Å²) >= 11 is 0. The summed E-state index contributed by atoms with van der Waals surface area (Å²) < 4.78 is 28.1. The molecule has 136 valence electrons. The molecule has 1 aliphatic carbocycles. The number of para-hydroxylation sites is 1. The van der Waals surface area contributed by atoms with Gasteiger partial charge >= 0.3 is 5.97 Å².